The average Bonchev–Trinajstić information content (AvgIpc) is 2.22. The minimum atomic E-state index is -3.06. The molecule has 0 bridgehead atoms. The Bertz CT molecular complexity index is 431. The molecular formula is C10H18N2O6S. The van der Waals surface area contributed by atoms with Crippen molar-refractivity contribution in [3.8, 4) is 0 Å². The lowest BCUT2D eigenvalue weighted by Gasteiger charge is -2.05. The van der Waals surface area contributed by atoms with Crippen LogP contribution < -0.4 is 10.6 Å². The summed E-state index contributed by atoms with van der Waals surface area (Å²) in [5, 5.41) is 12.7. The smallest absolute Gasteiger partial charge is 0.321 e. The standard InChI is InChI=1S/C10H18N2O6S/c1-19(17,18)7-3-6-11-10(16)12-8(13)4-2-5-9(14)15/h2-7H2,1H3,(H,14,15)(H2,11,12,13,16). The highest BCUT2D eigenvalue weighted by molar-refractivity contribution is 7.90. The number of aliphatic carboxylic acids is 1. The molecule has 3 amide bonds. The summed E-state index contributed by atoms with van der Waals surface area (Å²) in [6.45, 7) is 0.140. The molecular weight excluding hydrogens is 276 g/mol. The number of carbonyl (C=O) groups excluding carboxylic acids is 2. The molecule has 0 radical (unpaired) electrons. The number of hydrogen-bond acceptors (Lipinski definition) is 5. The molecule has 0 aliphatic rings. The monoisotopic (exact) mass is 294 g/mol. The van der Waals surface area contributed by atoms with Gasteiger partial charge in [0, 0.05) is 25.6 Å². The van der Waals surface area contributed by atoms with E-state index in [2.05, 4.69) is 5.32 Å². The van der Waals surface area contributed by atoms with Crippen molar-refractivity contribution < 1.29 is 27.9 Å². The third kappa shape index (κ3) is 12.6. The second-order valence-electron chi connectivity index (χ2n) is 4.03. The van der Waals surface area contributed by atoms with Gasteiger partial charge in [-0.15, -0.1) is 0 Å². The normalized spacial score (nSPS) is 10.8. The van der Waals surface area contributed by atoms with Gasteiger partial charge in [0.15, 0.2) is 0 Å². The predicted octanol–water partition coefficient (Wildman–Crippen LogP) is -0.498. The van der Waals surface area contributed by atoms with Crippen LogP contribution in [-0.4, -0.2) is 50.0 Å². The van der Waals surface area contributed by atoms with Gasteiger partial charge in [0.05, 0.1) is 5.75 Å². The Balaban J connectivity index is 3.68. The number of carboxylic acids is 1. The van der Waals surface area contributed by atoms with Crippen LogP contribution in [0.15, 0.2) is 0 Å². The minimum absolute atomic E-state index is 0.0418. The van der Waals surface area contributed by atoms with Gasteiger partial charge in [-0.2, -0.15) is 0 Å². The summed E-state index contributed by atoms with van der Waals surface area (Å²) < 4.78 is 21.6. The zero-order valence-corrected chi connectivity index (χ0v) is 11.5. The molecule has 0 unspecified atom stereocenters. The van der Waals surface area contributed by atoms with Gasteiger partial charge in [-0.3, -0.25) is 14.9 Å². The molecule has 0 saturated carbocycles. The first-order chi connectivity index (χ1) is 8.70. The van der Waals surface area contributed by atoms with Gasteiger partial charge in [-0.25, -0.2) is 13.2 Å². The largest absolute Gasteiger partial charge is 0.481 e. The minimum Gasteiger partial charge on any atom is -0.481 e. The van der Waals surface area contributed by atoms with Gasteiger partial charge in [0.2, 0.25) is 5.91 Å². The van der Waals surface area contributed by atoms with Gasteiger partial charge < -0.3 is 10.4 Å². The summed E-state index contributed by atoms with van der Waals surface area (Å²) in [4.78, 5) is 32.5. The Morgan fingerprint density at radius 2 is 1.74 bits per heavy atom. The Morgan fingerprint density at radius 1 is 1.11 bits per heavy atom. The second-order valence-corrected chi connectivity index (χ2v) is 6.29. The quantitative estimate of drug-likeness (QED) is 0.517. The molecule has 0 saturated heterocycles. The van der Waals surface area contributed by atoms with E-state index in [1.165, 1.54) is 0 Å². The first kappa shape index (κ1) is 17.4. The average molecular weight is 294 g/mol. The maximum absolute atomic E-state index is 11.2. The first-order valence-corrected chi connectivity index (χ1v) is 7.74. The van der Waals surface area contributed by atoms with E-state index in [0.29, 0.717) is 0 Å². The molecule has 110 valence electrons. The third-order valence-corrected chi connectivity index (χ3v) is 3.06. The van der Waals surface area contributed by atoms with Gasteiger partial charge in [0.1, 0.15) is 9.84 Å². The molecule has 0 aromatic heterocycles. The summed E-state index contributed by atoms with van der Waals surface area (Å²) in [6, 6.07) is -0.714. The highest BCUT2D eigenvalue weighted by Crippen LogP contribution is 1.94. The van der Waals surface area contributed by atoms with Crippen LogP contribution in [0.2, 0.25) is 0 Å². The lowest BCUT2D eigenvalue weighted by molar-refractivity contribution is -0.137. The van der Waals surface area contributed by atoms with Crippen molar-refractivity contribution in [3.63, 3.8) is 0 Å². The first-order valence-electron chi connectivity index (χ1n) is 5.68. The molecule has 0 aliphatic heterocycles. The Morgan fingerprint density at radius 3 is 2.26 bits per heavy atom. The molecule has 0 spiro atoms. The summed E-state index contributed by atoms with van der Waals surface area (Å²) in [7, 11) is -3.06. The van der Waals surface area contributed by atoms with E-state index in [4.69, 9.17) is 5.11 Å². The number of hydrogen-bond donors (Lipinski definition) is 3. The number of urea groups is 1. The Kier molecular flexibility index (Phi) is 7.73. The van der Waals surface area contributed by atoms with Gasteiger partial charge in [0.25, 0.3) is 0 Å². The van der Waals surface area contributed by atoms with Crippen molar-refractivity contribution in [1.29, 1.82) is 0 Å². The van der Waals surface area contributed by atoms with Crippen LogP contribution in [0.1, 0.15) is 25.7 Å². The molecule has 0 aromatic rings. The summed E-state index contributed by atoms with van der Waals surface area (Å²) in [6.07, 6.45) is 1.33. The summed E-state index contributed by atoms with van der Waals surface area (Å²) in [5.41, 5.74) is 0. The topological polar surface area (TPSA) is 130 Å². The lowest BCUT2D eigenvalue weighted by Crippen LogP contribution is -2.40. The van der Waals surface area contributed by atoms with Crippen LogP contribution in [0.25, 0.3) is 0 Å². The van der Waals surface area contributed by atoms with Crippen molar-refractivity contribution >= 4 is 27.7 Å². The van der Waals surface area contributed by atoms with E-state index in [-0.39, 0.29) is 38.0 Å². The fourth-order valence-electron chi connectivity index (χ4n) is 1.17. The van der Waals surface area contributed by atoms with Crippen molar-refractivity contribution in [2.45, 2.75) is 25.7 Å². The van der Waals surface area contributed by atoms with E-state index in [1.807, 2.05) is 5.32 Å². The van der Waals surface area contributed by atoms with Gasteiger partial charge >= 0.3 is 12.0 Å². The maximum atomic E-state index is 11.2. The van der Waals surface area contributed by atoms with E-state index in [1.54, 1.807) is 0 Å². The zero-order valence-electron chi connectivity index (χ0n) is 10.6. The maximum Gasteiger partial charge on any atom is 0.321 e. The molecule has 0 rings (SSSR count). The van der Waals surface area contributed by atoms with E-state index in [0.717, 1.165) is 6.26 Å². The van der Waals surface area contributed by atoms with Crippen molar-refractivity contribution in [3.05, 3.63) is 0 Å². The van der Waals surface area contributed by atoms with Crippen LogP contribution in [0, 0.1) is 0 Å². The fraction of sp³-hybridized carbons (Fsp3) is 0.700. The van der Waals surface area contributed by atoms with E-state index >= 15 is 0 Å². The number of carbonyl (C=O) groups is 3. The van der Waals surface area contributed by atoms with Gasteiger partial charge in [-0.05, 0) is 12.8 Å². The number of rotatable bonds is 8. The molecule has 0 atom stereocenters. The molecule has 3 N–H and O–H groups in total. The van der Waals surface area contributed by atoms with E-state index < -0.39 is 27.7 Å². The zero-order chi connectivity index (χ0) is 14.9. The molecule has 0 fully saturated rings. The van der Waals surface area contributed by atoms with Crippen LogP contribution in [0.5, 0.6) is 0 Å². The second kappa shape index (κ2) is 8.46. The van der Waals surface area contributed by atoms with Crippen LogP contribution in [-0.2, 0) is 19.4 Å². The number of sulfone groups is 1. The van der Waals surface area contributed by atoms with Crippen LogP contribution in [0.4, 0.5) is 4.79 Å². The lowest BCUT2D eigenvalue weighted by atomic mass is 10.2. The fourth-order valence-corrected chi connectivity index (χ4v) is 1.84. The third-order valence-electron chi connectivity index (χ3n) is 2.02. The highest BCUT2D eigenvalue weighted by atomic mass is 32.2. The Labute approximate surface area is 111 Å². The summed E-state index contributed by atoms with van der Waals surface area (Å²) >= 11 is 0. The number of nitrogens with one attached hydrogen (secondary N) is 2. The van der Waals surface area contributed by atoms with Crippen LogP contribution >= 0.6 is 0 Å². The predicted molar refractivity (Wildman–Crippen MR) is 67.4 cm³/mol. The summed E-state index contributed by atoms with van der Waals surface area (Å²) in [5.74, 6) is -1.61. The van der Waals surface area contributed by atoms with Crippen molar-refractivity contribution in [1.82, 2.24) is 10.6 Å². The van der Waals surface area contributed by atoms with Crippen molar-refractivity contribution in [2.24, 2.45) is 0 Å². The molecule has 0 aromatic carbocycles. The number of amides is 3. The molecule has 9 heteroatoms. The number of carboxylic acid groups (broad SMARTS) is 1. The van der Waals surface area contributed by atoms with Crippen molar-refractivity contribution in [2.75, 3.05) is 18.6 Å². The SMILES string of the molecule is CS(=O)(=O)CCCNC(=O)NC(=O)CCCC(=O)O. The molecule has 0 aliphatic carbocycles. The van der Waals surface area contributed by atoms with Gasteiger partial charge in [-0.1, -0.05) is 0 Å². The van der Waals surface area contributed by atoms with Crippen LogP contribution in [0.3, 0.4) is 0 Å². The molecule has 0 heterocycles. The Hall–Kier alpha value is -1.64. The molecule has 19 heavy (non-hydrogen) atoms. The number of imide groups is 1. The van der Waals surface area contributed by atoms with E-state index in [9.17, 15) is 22.8 Å². The highest BCUT2D eigenvalue weighted by Gasteiger charge is 2.08. The molecule has 8 nitrogen and oxygen atoms in total.